The first-order valence-corrected chi connectivity index (χ1v) is 12.6. The van der Waals surface area contributed by atoms with Crippen LogP contribution in [0.2, 0.25) is 0 Å². The van der Waals surface area contributed by atoms with E-state index in [1.54, 1.807) is 44.2 Å². The molecule has 0 radical (unpaired) electrons. The first-order valence-electron chi connectivity index (χ1n) is 11.0. The molecule has 1 aromatic heterocycles. The zero-order chi connectivity index (χ0) is 25.8. The third kappa shape index (κ3) is 7.11. The zero-order valence-corrected chi connectivity index (χ0v) is 20.7. The SMILES string of the molecule is CC(C)OC(=O)[C@@H](C)NP(=O)(OC[C@@H]1C[C@@](C)(F)[C@H](n2ccc(=O)[nH]c2=O)O1)Oc1ccccc1. The number of nitrogens with one attached hydrogen (secondary N) is 2. The highest BCUT2D eigenvalue weighted by molar-refractivity contribution is 7.52. The predicted molar refractivity (Wildman–Crippen MR) is 124 cm³/mol. The minimum absolute atomic E-state index is 0.195. The summed E-state index contributed by atoms with van der Waals surface area (Å²) < 4.78 is 51.7. The molecule has 1 fully saturated rings. The Morgan fingerprint density at radius 3 is 2.60 bits per heavy atom. The molecule has 0 aliphatic carbocycles. The van der Waals surface area contributed by atoms with Crippen LogP contribution >= 0.6 is 7.75 Å². The van der Waals surface area contributed by atoms with Crippen molar-refractivity contribution < 1.29 is 32.3 Å². The number of aromatic nitrogens is 2. The van der Waals surface area contributed by atoms with Crippen LogP contribution in [0.1, 0.15) is 40.3 Å². The number of hydrogen-bond acceptors (Lipinski definition) is 8. The smallest absolute Gasteiger partial charge is 0.459 e. The van der Waals surface area contributed by atoms with Crippen molar-refractivity contribution in [1.29, 1.82) is 0 Å². The van der Waals surface area contributed by atoms with Gasteiger partial charge < -0.3 is 14.0 Å². The average molecular weight is 513 g/mol. The Labute approximate surface area is 201 Å². The van der Waals surface area contributed by atoms with Crippen LogP contribution in [-0.2, 0) is 23.4 Å². The molecule has 2 aromatic rings. The van der Waals surface area contributed by atoms with Crippen molar-refractivity contribution in [3.63, 3.8) is 0 Å². The Morgan fingerprint density at radius 2 is 1.97 bits per heavy atom. The summed E-state index contributed by atoms with van der Waals surface area (Å²) in [5.74, 6) is -0.445. The van der Waals surface area contributed by atoms with Crippen LogP contribution in [0.3, 0.4) is 0 Å². The monoisotopic (exact) mass is 513 g/mol. The Kier molecular flexibility index (Phi) is 8.32. The van der Waals surface area contributed by atoms with Gasteiger partial charge in [0, 0.05) is 18.7 Å². The fourth-order valence-electron chi connectivity index (χ4n) is 3.50. The topological polar surface area (TPSA) is 138 Å². The Bertz CT molecular complexity index is 1180. The molecule has 13 heteroatoms. The third-order valence-electron chi connectivity index (χ3n) is 5.02. The van der Waals surface area contributed by atoms with E-state index in [-0.39, 0.29) is 24.9 Å². The first kappa shape index (κ1) is 26.8. The highest BCUT2D eigenvalue weighted by atomic mass is 31.2. The van der Waals surface area contributed by atoms with E-state index in [2.05, 4.69) is 10.1 Å². The summed E-state index contributed by atoms with van der Waals surface area (Å²) in [6.45, 7) is 5.67. The lowest BCUT2D eigenvalue weighted by Crippen LogP contribution is -2.38. The van der Waals surface area contributed by atoms with Gasteiger partial charge in [-0.2, -0.15) is 5.09 Å². The summed E-state index contributed by atoms with van der Waals surface area (Å²) in [6, 6.07) is 8.20. The van der Waals surface area contributed by atoms with Crippen molar-refractivity contribution in [2.45, 2.75) is 64.3 Å². The molecule has 2 heterocycles. The van der Waals surface area contributed by atoms with E-state index in [0.29, 0.717) is 0 Å². The lowest BCUT2D eigenvalue weighted by atomic mass is 10.0. The number of para-hydroxylation sites is 1. The molecule has 1 saturated heterocycles. The average Bonchev–Trinajstić information content (AvgIpc) is 3.06. The maximum absolute atomic E-state index is 15.3. The number of carbonyl (C=O) groups is 1. The standard InChI is InChI=1S/C22H29FN3O8P/c1-14(2)32-19(28)15(3)25-35(30,34-16-8-6-5-7-9-16)31-13-17-12-22(4,23)20(33-17)26-11-10-18(27)24-21(26)29/h5-11,14-15,17,20H,12-13H2,1-4H3,(H,25,30)(H,24,27,29)/t15-,17+,20-,22-,35?/m1/s1. The van der Waals surface area contributed by atoms with E-state index in [0.717, 1.165) is 16.8 Å². The molecule has 2 N–H and O–H groups in total. The zero-order valence-electron chi connectivity index (χ0n) is 19.8. The largest absolute Gasteiger partial charge is 0.462 e. The van der Waals surface area contributed by atoms with E-state index in [1.807, 2.05) is 0 Å². The van der Waals surface area contributed by atoms with Gasteiger partial charge in [-0.25, -0.2) is 13.8 Å². The van der Waals surface area contributed by atoms with Crippen molar-refractivity contribution in [3.05, 3.63) is 63.4 Å². The molecule has 0 amide bonds. The maximum atomic E-state index is 15.3. The van der Waals surface area contributed by atoms with Crippen LogP contribution in [0.15, 0.2) is 52.2 Å². The molecule has 192 valence electrons. The van der Waals surface area contributed by atoms with E-state index in [1.165, 1.54) is 13.8 Å². The van der Waals surface area contributed by atoms with Crippen LogP contribution in [0.4, 0.5) is 4.39 Å². The van der Waals surface area contributed by atoms with E-state index >= 15 is 4.39 Å². The fraction of sp³-hybridized carbons (Fsp3) is 0.500. The number of hydrogen-bond donors (Lipinski definition) is 2. The summed E-state index contributed by atoms with van der Waals surface area (Å²) in [6.07, 6.45) is -1.70. The molecule has 1 aliphatic heterocycles. The minimum atomic E-state index is -4.17. The van der Waals surface area contributed by atoms with Gasteiger partial charge in [-0.1, -0.05) is 18.2 Å². The molecule has 5 atom stereocenters. The van der Waals surface area contributed by atoms with Gasteiger partial charge in [0.2, 0.25) is 0 Å². The quantitative estimate of drug-likeness (QED) is 0.363. The van der Waals surface area contributed by atoms with Crippen LogP contribution in [-0.4, -0.2) is 46.0 Å². The summed E-state index contributed by atoms with van der Waals surface area (Å²) in [5.41, 5.74) is -3.45. The van der Waals surface area contributed by atoms with Gasteiger partial charge in [0.05, 0.1) is 18.8 Å². The van der Waals surface area contributed by atoms with Gasteiger partial charge >= 0.3 is 19.4 Å². The summed E-state index contributed by atoms with van der Waals surface area (Å²) in [7, 11) is -4.17. The van der Waals surface area contributed by atoms with Gasteiger partial charge in [-0.05, 0) is 39.8 Å². The molecule has 35 heavy (non-hydrogen) atoms. The first-order chi connectivity index (χ1) is 16.4. The van der Waals surface area contributed by atoms with Crippen LogP contribution in [0.25, 0.3) is 0 Å². The van der Waals surface area contributed by atoms with Gasteiger partial charge in [0.25, 0.3) is 5.56 Å². The van der Waals surface area contributed by atoms with Crippen molar-refractivity contribution in [3.8, 4) is 5.75 Å². The molecular weight excluding hydrogens is 484 g/mol. The van der Waals surface area contributed by atoms with Gasteiger partial charge in [-0.15, -0.1) is 0 Å². The number of rotatable bonds is 10. The van der Waals surface area contributed by atoms with Crippen LogP contribution < -0.4 is 20.9 Å². The predicted octanol–water partition coefficient (Wildman–Crippen LogP) is 2.69. The Hall–Kier alpha value is -2.79. The number of nitrogens with zero attached hydrogens (tertiary/aromatic N) is 1. The summed E-state index contributed by atoms with van der Waals surface area (Å²) in [4.78, 5) is 37.7. The number of ether oxygens (including phenoxy) is 2. The number of alkyl halides is 1. The minimum Gasteiger partial charge on any atom is -0.462 e. The third-order valence-corrected chi connectivity index (χ3v) is 6.67. The van der Waals surface area contributed by atoms with E-state index in [4.69, 9.17) is 18.5 Å². The summed E-state index contributed by atoms with van der Waals surface area (Å²) in [5, 5.41) is 2.54. The van der Waals surface area contributed by atoms with E-state index < -0.39 is 49.0 Å². The molecule has 1 aromatic carbocycles. The normalized spacial score (nSPS) is 24.6. The molecule has 11 nitrogen and oxygen atoms in total. The van der Waals surface area contributed by atoms with Gasteiger partial charge in [0.1, 0.15) is 11.8 Å². The second-order valence-corrected chi connectivity index (χ2v) is 10.3. The summed E-state index contributed by atoms with van der Waals surface area (Å²) >= 11 is 0. The maximum Gasteiger partial charge on any atom is 0.459 e. The van der Waals surface area contributed by atoms with Crippen molar-refractivity contribution in [2.24, 2.45) is 0 Å². The van der Waals surface area contributed by atoms with Crippen LogP contribution in [0, 0.1) is 0 Å². The van der Waals surface area contributed by atoms with Crippen LogP contribution in [0.5, 0.6) is 5.75 Å². The number of benzene rings is 1. The molecule has 0 spiro atoms. The molecule has 3 rings (SSSR count). The second-order valence-electron chi connectivity index (χ2n) is 8.64. The lowest BCUT2D eigenvalue weighted by molar-refractivity contribution is -0.149. The second kappa shape index (κ2) is 10.9. The van der Waals surface area contributed by atoms with Gasteiger partial charge in [0.15, 0.2) is 11.9 Å². The molecule has 1 unspecified atom stereocenters. The van der Waals surface area contributed by atoms with Gasteiger partial charge in [-0.3, -0.25) is 23.7 Å². The van der Waals surface area contributed by atoms with Crippen molar-refractivity contribution in [1.82, 2.24) is 14.6 Å². The number of halogens is 1. The number of aromatic amines is 1. The molecular formula is C22H29FN3O8P. The van der Waals surface area contributed by atoms with E-state index in [9.17, 15) is 18.9 Å². The molecule has 0 bridgehead atoms. The fourth-order valence-corrected chi connectivity index (χ4v) is 5.02. The van der Waals surface area contributed by atoms with Crippen molar-refractivity contribution >= 4 is 13.7 Å². The lowest BCUT2D eigenvalue weighted by Gasteiger charge is -2.24. The number of H-pyrrole nitrogens is 1. The molecule has 1 aliphatic rings. The molecule has 0 saturated carbocycles. The number of carbonyl (C=O) groups excluding carboxylic acids is 1. The highest BCUT2D eigenvalue weighted by Gasteiger charge is 2.48. The van der Waals surface area contributed by atoms with Crippen molar-refractivity contribution in [2.75, 3.05) is 6.61 Å². The highest BCUT2D eigenvalue weighted by Crippen LogP contribution is 2.47. The Morgan fingerprint density at radius 1 is 1.29 bits per heavy atom. The number of esters is 1. The Balaban J connectivity index is 1.75.